The summed E-state index contributed by atoms with van der Waals surface area (Å²) in [7, 11) is -4.02. The van der Waals surface area contributed by atoms with Crippen LogP contribution < -0.4 is 5.32 Å². The smallest absolute Gasteiger partial charge is 0.371 e. The SMILES string of the molecule is C=C[C@H]1CCC(=O)N1CN[C@](C=C)(CO[C@H](C)c1cc(C(F)(F)F)cc(C(F)(F)F)c1)c1ccccc1.Cc1ccc(S(=O)(=O)O)cc1. The number of carbonyl (C=O) groups is 1. The first-order valence-electron chi connectivity index (χ1n) is 14.6. The van der Waals surface area contributed by atoms with Crippen LogP contribution >= 0.6 is 0 Å². The Bertz CT molecular complexity index is 1650. The van der Waals surface area contributed by atoms with E-state index in [2.05, 4.69) is 18.5 Å². The molecule has 2 N–H and O–H groups in total. The topological polar surface area (TPSA) is 95.9 Å². The molecule has 3 aromatic rings. The van der Waals surface area contributed by atoms with Crippen LogP contribution in [0.2, 0.25) is 0 Å². The molecular weight excluding hydrogens is 662 g/mol. The van der Waals surface area contributed by atoms with Gasteiger partial charge < -0.3 is 9.64 Å². The summed E-state index contributed by atoms with van der Waals surface area (Å²) in [4.78, 5) is 13.9. The van der Waals surface area contributed by atoms with E-state index in [1.54, 1.807) is 59.5 Å². The van der Waals surface area contributed by atoms with Gasteiger partial charge in [-0.25, -0.2) is 0 Å². The Morgan fingerprint density at radius 2 is 1.52 bits per heavy atom. The number of alkyl halides is 6. The van der Waals surface area contributed by atoms with Gasteiger partial charge in [0.25, 0.3) is 10.1 Å². The average molecular weight is 699 g/mol. The van der Waals surface area contributed by atoms with Crippen molar-refractivity contribution in [3.05, 3.63) is 126 Å². The van der Waals surface area contributed by atoms with Gasteiger partial charge in [-0.1, -0.05) is 60.2 Å². The van der Waals surface area contributed by atoms with Crippen LogP contribution in [0, 0.1) is 6.92 Å². The van der Waals surface area contributed by atoms with Crippen LogP contribution in [-0.4, -0.2) is 43.1 Å². The van der Waals surface area contributed by atoms with Gasteiger partial charge in [-0.3, -0.25) is 14.7 Å². The second-order valence-corrected chi connectivity index (χ2v) is 12.6. The lowest BCUT2D eigenvalue weighted by atomic mass is 9.90. The van der Waals surface area contributed by atoms with E-state index >= 15 is 0 Å². The highest BCUT2D eigenvalue weighted by Gasteiger charge is 2.38. The summed E-state index contributed by atoms with van der Waals surface area (Å²) >= 11 is 0. The van der Waals surface area contributed by atoms with E-state index in [0.717, 1.165) is 5.56 Å². The molecule has 48 heavy (non-hydrogen) atoms. The van der Waals surface area contributed by atoms with E-state index in [-0.39, 0.29) is 41.7 Å². The molecule has 0 aromatic heterocycles. The molecule has 0 aliphatic carbocycles. The standard InChI is InChI=1S/C27H28F6N2O2.C7H8O3S/c1-4-23-11-12-24(36)35(23)17-34-25(5-2,20-9-7-6-8-10-20)16-37-18(3)19-13-21(26(28,29)30)15-22(14-19)27(31,32)33;1-6-2-4-7(5-3-6)11(8,9)10/h4-10,13-15,18,23,34H,1-2,11-12,16-17H2,3H3;2-5H,1H3,(H,8,9,10)/t18-,23+,25-;/m1./s1. The summed E-state index contributed by atoms with van der Waals surface area (Å²) in [5.41, 5.74) is -2.54. The number of hydrogen-bond donors (Lipinski definition) is 2. The lowest BCUT2D eigenvalue weighted by Crippen LogP contribution is -2.51. The third-order valence-corrected chi connectivity index (χ3v) is 8.68. The first-order valence-corrected chi connectivity index (χ1v) is 16.1. The van der Waals surface area contributed by atoms with Crippen molar-refractivity contribution in [2.75, 3.05) is 13.3 Å². The summed E-state index contributed by atoms with van der Waals surface area (Å²) in [5, 5.41) is 3.27. The van der Waals surface area contributed by atoms with Crippen molar-refractivity contribution in [3.8, 4) is 0 Å². The molecule has 1 aliphatic rings. The molecule has 0 radical (unpaired) electrons. The molecule has 0 unspecified atom stereocenters. The number of hydrogen-bond acceptors (Lipinski definition) is 5. The molecule has 1 fully saturated rings. The molecule has 1 heterocycles. The zero-order valence-corrected chi connectivity index (χ0v) is 27.0. The normalized spacial score (nSPS) is 17.2. The molecule has 4 rings (SSSR count). The van der Waals surface area contributed by atoms with Crippen LogP contribution in [0.3, 0.4) is 0 Å². The minimum absolute atomic E-state index is 0.0666. The van der Waals surface area contributed by atoms with Gasteiger partial charge in [0.15, 0.2) is 0 Å². The van der Waals surface area contributed by atoms with Gasteiger partial charge in [-0.2, -0.15) is 34.8 Å². The van der Waals surface area contributed by atoms with Crippen molar-refractivity contribution in [1.82, 2.24) is 10.2 Å². The number of halogens is 6. The van der Waals surface area contributed by atoms with Crippen molar-refractivity contribution < 1.29 is 48.8 Å². The molecule has 1 aliphatic heterocycles. The summed E-state index contributed by atoms with van der Waals surface area (Å²) < 4.78 is 115. The molecule has 14 heteroatoms. The third-order valence-electron chi connectivity index (χ3n) is 7.81. The van der Waals surface area contributed by atoms with Crippen molar-refractivity contribution in [2.45, 2.75) is 61.6 Å². The monoisotopic (exact) mass is 698 g/mol. The molecule has 7 nitrogen and oxygen atoms in total. The summed E-state index contributed by atoms with van der Waals surface area (Å²) in [5.74, 6) is -0.0682. The Hall–Kier alpha value is -3.98. The number of ether oxygens (including phenoxy) is 1. The van der Waals surface area contributed by atoms with Crippen molar-refractivity contribution in [2.24, 2.45) is 0 Å². The zero-order valence-electron chi connectivity index (χ0n) is 26.2. The predicted molar refractivity (Wildman–Crippen MR) is 168 cm³/mol. The highest BCUT2D eigenvalue weighted by Crippen LogP contribution is 2.38. The van der Waals surface area contributed by atoms with E-state index < -0.39 is 45.2 Å². The number of nitrogens with zero attached hydrogens (tertiary/aromatic N) is 1. The summed E-state index contributed by atoms with van der Waals surface area (Å²) in [6.07, 6.45) is -6.83. The fourth-order valence-corrected chi connectivity index (χ4v) is 5.41. The Balaban J connectivity index is 0.000000480. The molecule has 0 spiro atoms. The quantitative estimate of drug-likeness (QED) is 0.120. The number of carbonyl (C=O) groups excluding carboxylic acids is 1. The van der Waals surface area contributed by atoms with Crippen LogP contribution in [0.4, 0.5) is 26.3 Å². The Kier molecular flexibility index (Phi) is 12.4. The van der Waals surface area contributed by atoms with Crippen LogP contribution in [-0.2, 0) is 37.5 Å². The molecule has 3 aromatic carbocycles. The van der Waals surface area contributed by atoms with Gasteiger partial charge in [0.05, 0.1) is 47.0 Å². The number of rotatable bonds is 11. The van der Waals surface area contributed by atoms with Gasteiger partial charge in [0, 0.05) is 6.42 Å². The maximum atomic E-state index is 13.3. The number of aryl methyl sites for hydroxylation is 1. The highest BCUT2D eigenvalue weighted by molar-refractivity contribution is 7.85. The molecular formula is C34H36F6N2O5S. The fourth-order valence-electron chi connectivity index (χ4n) is 4.93. The average Bonchev–Trinajstić information content (AvgIpc) is 3.39. The lowest BCUT2D eigenvalue weighted by Gasteiger charge is -2.36. The van der Waals surface area contributed by atoms with E-state index in [9.17, 15) is 39.6 Å². The number of benzene rings is 3. The molecule has 0 bridgehead atoms. The number of nitrogens with one attached hydrogen (secondary N) is 1. The van der Waals surface area contributed by atoms with E-state index in [1.807, 2.05) is 6.92 Å². The van der Waals surface area contributed by atoms with Gasteiger partial charge in [-0.05, 0) is 61.7 Å². The molecule has 1 amide bonds. The summed E-state index contributed by atoms with van der Waals surface area (Å²) in [6.45, 7) is 10.8. The first kappa shape index (κ1) is 38.5. The van der Waals surface area contributed by atoms with Crippen LogP contribution in [0.25, 0.3) is 0 Å². The lowest BCUT2D eigenvalue weighted by molar-refractivity contribution is -0.143. The molecule has 3 atom stereocenters. The van der Waals surface area contributed by atoms with E-state index in [4.69, 9.17) is 9.29 Å². The van der Waals surface area contributed by atoms with Gasteiger partial charge in [0.1, 0.15) is 0 Å². The van der Waals surface area contributed by atoms with Crippen LogP contribution in [0.15, 0.2) is 103 Å². The highest BCUT2D eigenvalue weighted by atomic mass is 32.2. The Morgan fingerprint density at radius 3 is 2.00 bits per heavy atom. The zero-order chi connectivity index (χ0) is 35.9. The van der Waals surface area contributed by atoms with Crippen molar-refractivity contribution in [1.29, 1.82) is 0 Å². The fraction of sp³-hybridized carbons (Fsp3) is 0.324. The number of likely N-dealkylation sites (tertiary alicyclic amines) is 1. The molecule has 1 saturated heterocycles. The molecule has 260 valence electrons. The van der Waals surface area contributed by atoms with Crippen molar-refractivity contribution in [3.63, 3.8) is 0 Å². The first-order chi connectivity index (χ1) is 22.3. The van der Waals surface area contributed by atoms with Crippen LogP contribution in [0.5, 0.6) is 0 Å². The maximum Gasteiger partial charge on any atom is 0.416 e. The van der Waals surface area contributed by atoms with Crippen molar-refractivity contribution >= 4 is 16.0 Å². The summed E-state index contributed by atoms with van der Waals surface area (Å²) in [6, 6.07) is 16.1. The minimum Gasteiger partial charge on any atom is -0.371 e. The van der Waals surface area contributed by atoms with E-state index in [0.29, 0.717) is 30.5 Å². The minimum atomic E-state index is -4.96. The van der Waals surface area contributed by atoms with Crippen LogP contribution in [0.1, 0.15) is 53.7 Å². The molecule has 0 saturated carbocycles. The maximum absolute atomic E-state index is 13.3. The number of amides is 1. The van der Waals surface area contributed by atoms with E-state index in [1.165, 1.54) is 19.1 Å². The second kappa shape index (κ2) is 15.5. The predicted octanol–water partition coefficient (Wildman–Crippen LogP) is 7.85. The largest absolute Gasteiger partial charge is 0.416 e. The Labute approximate surface area is 275 Å². The second-order valence-electron chi connectivity index (χ2n) is 11.2. The Morgan fingerprint density at radius 1 is 0.958 bits per heavy atom. The third kappa shape index (κ3) is 10.0. The van der Waals surface area contributed by atoms with Gasteiger partial charge in [-0.15, -0.1) is 13.2 Å². The van der Waals surface area contributed by atoms with Gasteiger partial charge >= 0.3 is 12.4 Å². The van der Waals surface area contributed by atoms with Gasteiger partial charge in [0.2, 0.25) is 5.91 Å².